The fourth-order valence-electron chi connectivity index (χ4n) is 2.08. The van der Waals surface area contributed by atoms with E-state index in [1.54, 1.807) is 0 Å². The fraction of sp³-hybridized carbons (Fsp3) is 0.636. The molecule has 2 heteroatoms. The van der Waals surface area contributed by atoms with E-state index in [4.69, 9.17) is 11.6 Å². The summed E-state index contributed by atoms with van der Waals surface area (Å²) in [7, 11) is 0. The molecule has 1 fully saturated rings. The molecular weight excluding hydrogens is 200 g/mol. The van der Waals surface area contributed by atoms with Gasteiger partial charge >= 0.3 is 0 Å². The maximum Gasteiger partial charge on any atom is 0.0367 e. The van der Waals surface area contributed by atoms with Crippen LogP contribution in [0.4, 0.5) is 0 Å². The number of halogens is 1. The summed E-state index contributed by atoms with van der Waals surface area (Å²) in [5.41, 5.74) is 0. The van der Waals surface area contributed by atoms with Crippen LogP contribution in [0.25, 0.3) is 0 Å². The van der Waals surface area contributed by atoms with Crippen molar-refractivity contribution in [1.29, 1.82) is 0 Å². The van der Waals surface area contributed by atoms with Crippen LogP contribution in [0.3, 0.4) is 0 Å². The maximum atomic E-state index is 6.30. The van der Waals surface area contributed by atoms with Gasteiger partial charge in [0.05, 0.1) is 0 Å². The molecule has 1 saturated carbocycles. The van der Waals surface area contributed by atoms with Gasteiger partial charge in [0, 0.05) is 10.3 Å². The molecule has 0 amide bonds. The SMILES string of the molecule is ClC1CCCCC1Cc1cccs1. The van der Waals surface area contributed by atoms with Gasteiger partial charge in [-0.2, -0.15) is 0 Å². The smallest absolute Gasteiger partial charge is 0.0367 e. The molecule has 72 valence electrons. The standard InChI is InChI=1S/C11H15ClS/c12-11-6-2-1-4-9(11)8-10-5-3-7-13-10/h3,5,7,9,11H,1-2,4,6,8H2. The molecule has 1 heterocycles. The lowest BCUT2D eigenvalue weighted by atomic mass is 9.86. The van der Waals surface area contributed by atoms with Gasteiger partial charge in [0.1, 0.15) is 0 Å². The van der Waals surface area contributed by atoms with Crippen LogP contribution in [0.2, 0.25) is 0 Å². The van der Waals surface area contributed by atoms with Crippen molar-refractivity contribution in [2.24, 2.45) is 5.92 Å². The molecule has 1 aliphatic rings. The van der Waals surface area contributed by atoms with E-state index in [9.17, 15) is 0 Å². The van der Waals surface area contributed by atoms with E-state index in [0.29, 0.717) is 5.38 Å². The zero-order chi connectivity index (χ0) is 9.10. The highest BCUT2D eigenvalue weighted by Crippen LogP contribution is 2.31. The second-order valence-electron chi connectivity index (χ2n) is 3.84. The number of thiophene rings is 1. The van der Waals surface area contributed by atoms with Crippen LogP contribution in [0.5, 0.6) is 0 Å². The molecule has 0 aromatic carbocycles. The average molecular weight is 215 g/mol. The molecule has 2 rings (SSSR count). The van der Waals surface area contributed by atoms with Crippen molar-refractivity contribution >= 4 is 22.9 Å². The van der Waals surface area contributed by atoms with E-state index < -0.39 is 0 Å². The summed E-state index contributed by atoms with van der Waals surface area (Å²) in [5.74, 6) is 0.731. The van der Waals surface area contributed by atoms with Crippen molar-refractivity contribution in [3.8, 4) is 0 Å². The molecule has 0 spiro atoms. The Morgan fingerprint density at radius 1 is 1.38 bits per heavy atom. The lowest BCUT2D eigenvalue weighted by Gasteiger charge is -2.26. The van der Waals surface area contributed by atoms with Crippen molar-refractivity contribution in [3.63, 3.8) is 0 Å². The van der Waals surface area contributed by atoms with Gasteiger partial charge in [-0.3, -0.25) is 0 Å². The maximum absolute atomic E-state index is 6.30. The molecule has 1 aliphatic carbocycles. The Morgan fingerprint density at radius 2 is 2.23 bits per heavy atom. The second kappa shape index (κ2) is 4.47. The second-order valence-corrected chi connectivity index (χ2v) is 5.44. The number of rotatable bonds is 2. The van der Waals surface area contributed by atoms with Crippen molar-refractivity contribution in [3.05, 3.63) is 22.4 Å². The average Bonchev–Trinajstić information content (AvgIpc) is 2.61. The minimum atomic E-state index is 0.427. The van der Waals surface area contributed by atoms with Gasteiger partial charge < -0.3 is 0 Å². The normalized spacial score (nSPS) is 29.0. The van der Waals surface area contributed by atoms with E-state index in [0.717, 1.165) is 5.92 Å². The molecule has 0 radical (unpaired) electrons. The van der Waals surface area contributed by atoms with Gasteiger partial charge in [0.15, 0.2) is 0 Å². The highest BCUT2D eigenvalue weighted by molar-refractivity contribution is 7.09. The molecule has 2 atom stereocenters. The largest absolute Gasteiger partial charge is 0.149 e. The highest BCUT2D eigenvalue weighted by atomic mass is 35.5. The first-order valence-corrected chi connectivity index (χ1v) is 6.34. The lowest BCUT2D eigenvalue weighted by Crippen LogP contribution is -2.21. The first-order chi connectivity index (χ1) is 6.36. The zero-order valence-electron chi connectivity index (χ0n) is 7.71. The highest BCUT2D eigenvalue weighted by Gasteiger charge is 2.23. The Morgan fingerprint density at radius 3 is 2.92 bits per heavy atom. The third kappa shape index (κ3) is 2.47. The van der Waals surface area contributed by atoms with Gasteiger partial charge in [-0.25, -0.2) is 0 Å². The Labute approximate surface area is 88.9 Å². The minimum absolute atomic E-state index is 0.427. The monoisotopic (exact) mass is 214 g/mol. The van der Waals surface area contributed by atoms with E-state index in [2.05, 4.69) is 17.5 Å². The van der Waals surface area contributed by atoms with Crippen LogP contribution in [-0.4, -0.2) is 5.38 Å². The summed E-state index contributed by atoms with van der Waals surface area (Å²) in [5, 5.41) is 2.58. The van der Waals surface area contributed by atoms with Gasteiger partial charge in [0.25, 0.3) is 0 Å². The summed E-state index contributed by atoms with van der Waals surface area (Å²) in [6.45, 7) is 0. The minimum Gasteiger partial charge on any atom is -0.149 e. The van der Waals surface area contributed by atoms with Crippen LogP contribution in [0, 0.1) is 5.92 Å². The quantitative estimate of drug-likeness (QED) is 0.651. The van der Waals surface area contributed by atoms with Crippen molar-refractivity contribution < 1.29 is 0 Å². The van der Waals surface area contributed by atoms with E-state index in [1.165, 1.54) is 37.0 Å². The predicted molar refractivity (Wildman–Crippen MR) is 59.6 cm³/mol. The zero-order valence-corrected chi connectivity index (χ0v) is 9.28. The number of hydrogen-bond acceptors (Lipinski definition) is 1. The summed E-state index contributed by atoms with van der Waals surface area (Å²) < 4.78 is 0. The summed E-state index contributed by atoms with van der Waals surface area (Å²) in [6.07, 6.45) is 6.45. The Hall–Kier alpha value is -0.0100. The van der Waals surface area contributed by atoms with Crippen LogP contribution in [-0.2, 0) is 6.42 Å². The van der Waals surface area contributed by atoms with Gasteiger partial charge in [-0.1, -0.05) is 18.9 Å². The predicted octanol–water partition coefficient (Wildman–Crippen LogP) is 4.09. The Kier molecular flexibility index (Phi) is 3.28. The Balaban J connectivity index is 1.93. The molecule has 0 aliphatic heterocycles. The van der Waals surface area contributed by atoms with Gasteiger partial charge in [-0.15, -0.1) is 22.9 Å². The molecular formula is C11H15ClS. The van der Waals surface area contributed by atoms with Crippen LogP contribution < -0.4 is 0 Å². The first kappa shape index (κ1) is 9.54. The van der Waals surface area contributed by atoms with Crippen molar-refractivity contribution in [2.75, 3.05) is 0 Å². The first-order valence-electron chi connectivity index (χ1n) is 5.03. The fourth-order valence-corrected chi connectivity index (χ4v) is 3.25. The lowest BCUT2D eigenvalue weighted by molar-refractivity contribution is 0.365. The Bertz CT molecular complexity index is 243. The van der Waals surface area contributed by atoms with Gasteiger partial charge in [-0.05, 0) is 36.6 Å². The van der Waals surface area contributed by atoms with Crippen LogP contribution in [0.1, 0.15) is 30.6 Å². The molecule has 1 aromatic rings. The van der Waals surface area contributed by atoms with E-state index in [-0.39, 0.29) is 0 Å². The number of hydrogen-bond donors (Lipinski definition) is 0. The summed E-state index contributed by atoms with van der Waals surface area (Å²) >= 11 is 8.16. The molecule has 0 bridgehead atoms. The van der Waals surface area contributed by atoms with E-state index in [1.807, 2.05) is 11.3 Å². The van der Waals surface area contributed by atoms with Crippen molar-refractivity contribution in [1.82, 2.24) is 0 Å². The van der Waals surface area contributed by atoms with Crippen molar-refractivity contribution in [2.45, 2.75) is 37.5 Å². The van der Waals surface area contributed by atoms with E-state index >= 15 is 0 Å². The molecule has 13 heavy (non-hydrogen) atoms. The number of alkyl halides is 1. The molecule has 2 unspecified atom stereocenters. The molecule has 0 N–H and O–H groups in total. The third-order valence-corrected chi connectivity index (χ3v) is 4.33. The van der Waals surface area contributed by atoms with Gasteiger partial charge in [0.2, 0.25) is 0 Å². The molecule has 0 nitrogen and oxygen atoms in total. The molecule has 1 aromatic heterocycles. The summed E-state index contributed by atoms with van der Waals surface area (Å²) in [6, 6.07) is 4.36. The third-order valence-electron chi connectivity index (χ3n) is 2.86. The van der Waals surface area contributed by atoms with Crippen LogP contribution in [0.15, 0.2) is 17.5 Å². The van der Waals surface area contributed by atoms with Crippen LogP contribution >= 0.6 is 22.9 Å². The topological polar surface area (TPSA) is 0 Å². The molecule has 0 saturated heterocycles. The summed E-state index contributed by atoms with van der Waals surface area (Å²) in [4.78, 5) is 1.50.